The molecule has 0 unspecified atom stereocenters. The molecule has 0 amide bonds. The maximum Gasteiger partial charge on any atom is 0.252 e. The summed E-state index contributed by atoms with van der Waals surface area (Å²) in [4.78, 5) is 5.33. The third-order valence-corrected chi connectivity index (χ3v) is 18.7. The van der Waals surface area contributed by atoms with Gasteiger partial charge in [0.25, 0.3) is 6.71 Å². The van der Waals surface area contributed by atoms with Crippen LogP contribution < -0.4 is 26.2 Å². The Labute approximate surface area is 517 Å². The van der Waals surface area contributed by atoms with Crippen LogP contribution in [0.25, 0.3) is 111 Å². The van der Waals surface area contributed by atoms with Crippen LogP contribution in [-0.4, -0.2) is 15.8 Å². The van der Waals surface area contributed by atoms with E-state index in [4.69, 9.17) is 0 Å². The Hall–Kier alpha value is -11.7. The number of rotatable bonds is 9. The largest absolute Gasteiger partial charge is 0.310 e. The summed E-state index contributed by atoms with van der Waals surface area (Å²) >= 11 is 0. The minimum atomic E-state index is -0.213. The van der Waals surface area contributed by atoms with Crippen molar-refractivity contribution in [1.29, 1.82) is 0 Å². The second kappa shape index (κ2) is 20.5. The van der Waals surface area contributed by atoms with Crippen LogP contribution in [0.5, 0.6) is 0 Å². The quantitative estimate of drug-likeness (QED) is 0.134. The molecular formula is C84H55BN4. The summed E-state index contributed by atoms with van der Waals surface area (Å²) in [6.07, 6.45) is 0. The molecule has 0 aliphatic carbocycles. The highest BCUT2D eigenvalue weighted by molar-refractivity contribution is 7.00. The Balaban J connectivity index is 1.02. The fourth-order valence-electron chi connectivity index (χ4n) is 14.9. The maximum atomic E-state index is 2.66. The van der Waals surface area contributed by atoms with Crippen molar-refractivity contribution in [2.24, 2.45) is 0 Å². The molecule has 2 aromatic heterocycles. The standard InChI is InChI=1S/C84H55BN4/c1-6-26-56(27-7-1)61-52-80-82-81(53-61)89(84-66(59-32-12-4-13-33-59)42-25-43-67(84)60-34-14-5-15-35-60)79-55-63(87-76-46-22-18-38-70(76)71-39-19-23-47-77(71)87)49-51-73(79)85(82)72-50-48-62(86-74-44-20-16-36-68(74)69-37-17-21-45-75(69)86)54-78(72)88(80)83-64(57-28-8-2-9-29-57)40-24-41-65(83)58-30-10-3-11-31-58/h1-55H. The zero-order chi connectivity index (χ0) is 58.5. The summed E-state index contributed by atoms with van der Waals surface area (Å²) in [5, 5.41) is 4.91. The topological polar surface area (TPSA) is 16.3 Å². The highest BCUT2D eigenvalue weighted by atomic mass is 15.2. The molecule has 89 heavy (non-hydrogen) atoms. The SMILES string of the molecule is c1ccc(-c2cc3c4c(c2)N(c2c(-c5ccccc5)cccc2-c2ccccc2)c2cc(-n5c6ccccc6c6ccccc65)ccc2B4c2ccc(-n4c5ccccc5c5ccccc54)cc2N3c2c(-c3ccccc3)cccc2-c2ccccc2)cc1. The highest BCUT2D eigenvalue weighted by Gasteiger charge is 2.46. The van der Waals surface area contributed by atoms with Crippen molar-refractivity contribution < 1.29 is 0 Å². The van der Waals surface area contributed by atoms with Gasteiger partial charge in [0.05, 0.1) is 33.4 Å². The average Bonchev–Trinajstić information content (AvgIpc) is 1.52. The van der Waals surface area contributed by atoms with Crippen LogP contribution in [-0.2, 0) is 0 Å². The van der Waals surface area contributed by atoms with Gasteiger partial charge >= 0.3 is 0 Å². The number of para-hydroxylation sites is 6. The number of hydrogen-bond acceptors (Lipinski definition) is 2. The molecular weight excluding hydrogens is 1080 g/mol. The molecule has 0 spiro atoms. The number of fused-ring (bicyclic) bond motifs is 10. The van der Waals surface area contributed by atoms with Gasteiger partial charge in [-0.2, -0.15) is 0 Å². The summed E-state index contributed by atoms with van der Waals surface area (Å²) in [5.74, 6) is 0. The third-order valence-electron chi connectivity index (χ3n) is 18.7. The normalized spacial score (nSPS) is 12.4. The number of benzene rings is 14. The average molecular weight is 1130 g/mol. The van der Waals surface area contributed by atoms with Crippen LogP contribution in [0, 0.1) is 0 Å². The molecule has 0 saturated carbocycles. The van der Waals surface area contributed by atoms with Crippen molar-refractivity contribution in [2.45, 2.75) is 0 Å². The molecule has 4 nitrogen and oxygen atoms in total. The zero-order valence-corrected chi connectivity index (χ0v) is 48.6. The summed E-state index contributed by atoms with van der Waals surface area (Å²) in [7, 11) is 0. The Morgan fingerprint density at radius 1 is 0.213 bits per heavy atom. The van der Waals surface area contributed by atoms with Gasteiger partial charge in [0, 0.05) is 77.9 Å². The molecule has 0 radical (unpaired) electrons. The van der Waals surface area contributed by atoms with Gasteiger partial charge in [0.2, 0.25) is 0 Å². The summed E-state index contributed by atoms with van der Waals surface area (Å²) in [6, 6.07) is 124. The van der Waals surface area contributed by atoms with E-state index < -0.39 is 0 Å². The molecule has 4 heterocycles. The minimum Gasteiger partial charge on any atom is -0.310 e. The van der Waals surface area contributed by atoms with Gasteiger partial charge in [-0.05, 0) is 110 Å². The highest BCUT2D eigenvalue weighted by Crippen LogP contribution is 2.54. The summed E-state index contributed by atoms with van der Waals surface area (Å²) in [6.45, 7) is -0.213. The van der Waals surface area contributed by atoms with E-state index in [9.17, 15) is 0 Å². The molecule has 414 valence electrons. The van der Waals surface area contributed by atoms with Gasteiger partial charge < -0.3 is 18.9 Å². The van der Waals surface area contributed by atoms with Crippen LogP contribution in [0.2, 0.25) is 0 Å². The second-order valence-electron chi connectivity index (χ2n) is 23.5. The Morgan fingerprint density at radius 2 is 0.506 bits per heavy atom. The van der Waals surface area contributed by atoms with E-state index in [0.29, 0.717) is 0 Å². The maximum absolute atomic E-state index is 2.66. The van der Waals surface area contributed by atoms with E-state index in [2.05, 4.69) is 353 Å². The number of aromatic nitrogens is 2. The lowest BCUT2D eigenvalue weighted by atomic mass is 9.33. The first-order chi connectivity index (χ1) is 44.2. The van der Waals surface area contributed by atoms with Crippen molar-refractivity contribution in [1.82, 2.24) is 9.13 Å². The van der Waals surface area contributed by atoms with Gasteiger partial charge in [0.1, 0.15) is 0 Å². The molecule has 0 saturated heterocycles. The van der Waals surface area contributed by atoms with Crippen LogP contribution in [0.1, 0.15) is 0 Å². The molecule has 18 rings (SSSR count). The zero-order valence-electron chi connectivity index (χ0n) is 48.6. The summed E-state index contributed by atoms with van der Waals surface area (Å²) in [5.41, 5.74) is 28.7. The lowest BCUT2D eigenvalue weighted by Crippen LogP contribution is -2.61. The van der Waals surface area contributed by atoms with Gasteiger partial charge in [0.15, 0.2) is 0 Å². The van der Waals surface area contributed by atoms with Crippen molar-refractivity contribution >= 4 is 101 Å². The van der Waals surface area contributed by atoms with Crippen molar-refractivity contribution in [2.75, 3.05) is 9.80 Å². The van der Waals surface area contributed by atoms with Crippen molar-refractivity contribution in [3.05, 3.63) is 334 Å². The molecule has 0 fully saturated rings. The summed E-state index contributed by atoms with van der Waals surface area (Å²) < 4.78 is 4.96. The third kappa shape index (κ3) is 7.95. The smallest absolute Gasteiger partial charge is 0.252 e. The first kappa shape index (κ1) is 50.6. The lowest BCUT2D eigenvalue weighted by Gasteiger charge is -2.46. The van der Waals surface area contributed by atoms with Gasteiger partial charge in [-0.15, -0.1) is 0 Å². The van der Waals surface area contributed by atoms with E-state index in [1.165, 1.54) is 60.0 Å². The number of nitrogens with zero attached hydrogens (tertiary/aromatic N) is 4. The Kier molecular flexibility index (Phi) is 11.7. The first-order valence-corrected chi connectivity index (χ1v) is 30.8. The predicted octanol–water partition coefficient (Wildman–Crippen LogP) is 20.3. The van der Waals surface area contributed by atoms with Crippen LogP contribution in [0.4, 0.5) is 34.1 Å². The molecule has 5 heteroatoms. The lowest BCUT2D eigenvalue weighted by molar-refractivity contribution is 1.17. The van der Waals surface area contributed by atoms with Gasteiger partial charge in [-0.25, -0.2) is 0 Å². The monoisotopic (exact) mass is 1130 g/mol. The van der Waals surface area contributed by atoms with Crippen molar-refractivity contribution in [3.8, 4) is 67.0 Å². The van der Waals surface area contributed by atoms with Gasteiger partial charge in [-0.1, -0.05) is 273 Å². The first-order valence-electron chi connectivity index (χ1n) is 30.8. The Morgan fingerprint density at radius 3 is 0.831 bits per heavy atom. The van der Waals surface area contributed by atoms with Crippen LogP contribution >= 0.6 is 0 Å². The molecule has 0 bridgehead atoms. The molecule has 14 aromatic carbocycles. The minimum absolute atomic E-state index is 0.213. The fraction of sp³-hybridized carbons (Fsp3) is 0. The Bertz CT molecular complexity index is 4900. The van der Waals surface area contributed by atoms with E-state index in [1.54, 1.807) is 0 Å². The predicted molar refractivity (Wildman–Crippen MR) is 376 cm³/mol. The van der Waals surface area contributed by atoms with E-state index in [0.717, 1.165) is 101 Å². The molecule has 2 aliphatic heterocycles. The van der Waals surface area contributed by atoms with E-state index in [1.807, 2.05) is 0 Å². The molecule has 0 N–H and O–H groups in total. The fourth-order valence-corrected chi connectivity index (χ4v) is 14.9. The molecule has 2 aliphatic rings. The van der Waals surface area contributed by atoms with Crippen LogP contribution in [0.15, 0.2) is 334 Å². The van der Waals surface area contributed by atoms with E-state index >= 15 is 0 Å². The second-order valence-corrected chi connectivity index (χ2v) is 23.5. The van der Waals surface area contributed by atoms with Crippen molar-refractivity contribution in [3.63, 3.8) is 0 Å². The van der Waals surface area contributed by atoms with Gasteiger partial charge in [-0.3, -0.25) is 0 Å². The number of anilines is 6. The molecule has 16 aromatic rings. The van der Waals surface area contributed by atoms with Crippen LogP contribution in [0.3, 0.4) is 0 Å². The van der Waals surface area contributed by atoms with E-state index in [-0.39, 0.29) is 6.71 Å². The molecule has 0 atom stereocenters. The number of hydrogen-bond donors (Lipinski definition) is 0.